The molecule has 15 heavy (non-hydrogen) atoms. The highest BCUT2D eigenvalue weighted by atomic mass is 15.0. The maximum absolute atomic E-state index is 3.51. The molecule has 1 aliphatic rings. The molecule has 2 N–H and O–H groups in total. The molecule has 2 heteroatoms. The highest BCUT2D eigenvalue weighted by Crippen LogP contribution is 2.03. The second-order valence-corrected chi connectivity index (χ2v) is 4.23. The van der Waals surface area contributed by atoms with Gasteiger partial charge in [-0.2, -0.15) is 0 Å². The fraction of sp³-hybridized carbons (Fsp3) is 0.538. The van der Waals surface area contributed by atoms with Gasteiger partial charge in [0.2, 0.25) is 0 Å². The minimum atomic E-state index is 0.709. The van der Waals surface area contributed by atoms with Crippen LogP contribution in [0, 0.1) is 0 Å². The van der Waals surface area contributed by atoms with Crippen molar-refractivity contribution in [1.29, 1.82) is 0 Å². The lowest BCUT2D eigenvalue weighted by molar-refractivity contribution is 0.537. The van der Waals surface area contributed by atoms with Gasteiger partial charge in [-0.1, -0.05) is 30.3 Å². The summed E-state index contributed by atoms with van der Waals surface area (Å²) in [6.45, 7) is 3.40. The molecular formula is C13H20N2. The Morgan fingerprint density at radius 2 is 2.13 bits per heavy atom. The van der Waals surface area contributed by atoms with Crippen molar-refractivity contribution in [3.63, 3.8) is 0 Å². The fourth-order valence-corrected chi connectivity index (χ4v) is 2.08. The van der Waals surface area contributed by atoms with E-state index in [0.717, 1.165) is 19.5 Å². The van der Waals surface area contributed by atoms with Crippen LogP contribution in [0.1, 0.15) is 18.4 Å². The van der Waals surface area contributed by atoms with E-state index in [1.165, 1.54) is 24.9 Å². The van der Waals surface area contributed by atoms with Crippen LogP contribution in [0.2, 0.25) is 0 Å². The van der Waals surface area contributed by atoms with E-state index in [0.29, 0.717) is 6.04 Å². The molecule has 1 fully saturated rings. The zero-order valence-corrected chi connectivity index (χ0v) is 9.21. The Kier molecular flexibility index (Phi) is 4.18. The quantitative estimate of drug-likeness (QED) is 0.711. The number of hydrogen-bond donors (Lipinski definition) is 2. The Balaban J connectivity index is 1.59. The highest BCUT2D eigenvalue weighted by Gasteiger charge is 2.12. The third-order valence-corrected chi connectivity index (χ3v) is 2.99. The Labute approximate surface area is 92.1 Å². The lowest BCUT2D eigenvalue weighted by atomic mass is 10.1. The van der Waals surface area contributed by atoms with Crippen molar-refractivity contribution in [3.05, 3.63) is 35.9 Å². The average Bonchev–Trinajstić information content (AvgIpc) is 2.79. The van der Waals surface area contributed by atoms with Crippen LogP contribution < -0.4 is 10.6 Å². The molecule has 0 bridgehead atoms. The van der Waals surface area contributed by atoms with Gasteiger partial charge in [-0.05, 0) is 37.9 Å². The van der Waals surface area contributed by atoms with Crippen molar-refractivity contribution in [2.45, 2.75) is 25.3 Å². The standard InChI is InChI=1S/C13H20N2/c1-2-5-12(6-3-1)8-10-14-11-13-7-4-9-15-13/h1-3,5-6,13-15H,4,7-11H2/t13-/m0/s1. The molecule has 82 valence electrons. The topological polar surface area (TPSA) is 24.1 Å². The highest BCUT2D eigenvalue weighted by molar-refractivity contribution is 5.14. The predicted octanol–water partition coefficient (Wildman–Crippen LogP) is 1.57. The molecule has 0 radical (unpaired) electrons. The summed E-state index contributed by atoms with van der Waals surface area (Å²) in [6, 6.07) is 11.4. The van der Waals surface area contributed by atoms with Crippen LogP contribution in [0.4, 0.5) is 0 Å². The molecule has 0 spiro atoms. The minimum absolute atomic E-state index is 0.709. The number of hydrogen-bond acceptors (Lipinski definition) is 2. The van der Waals surface area contributed by atoms with E-state index < -0.39 is 0 Å². The van der Waals surface area contributed by atoms with Crippen molar-refractivity contribution >= 4 is 0 Å². The third kappa shape index (κ3) is 3.65. The first-order chi connectivity index (χ1) is 7.45. The Bertz CT molecular complexity index is 265. The normalized spacial score (nSPS) is 20.7. The van der Waals surface area contributed by atoms with Crippen molar-refractivity contribution in [2.75, 3.05) is 19.6 Å². The molecule has 0 unspecified atom stereocenters. The zero-order valence-electron chi connectivity index (χ0n) is 9.21. The van der Waals surface area contributed by atoms with Gasteiger partial charge >= 0.3 is 0 Å². The monoisotopic (exact) mass is 204 g/mol. The van der Waals surface area contributed by atoms with E-state index in [2.05, 4.69) is 41.0 Å². The zero-order chi connectivity index (χ0) is 10.3. The first-order valence-corrected chi connectivity index (χ1v) is 5.93. The van der Waals surface area contributed by atoms with Gasteiger partial charge in [0.1, 0.15) is 0 Å². The Hall–Kier alpha value is -0.860. The van der Waals surface area contributed by atoms with Gasteiger partial charge in [0.15, 0.2) is 0 Å². The van der Waals surface area contributed by atoms with Gasteiger partial charge in [-0.15, -0.1) is 0 Å². The molecule has 0 saturated carbocycles. The molecular weight excluding hydrogens is 184 g/mol. The van der Waals surface area contributed by atoms with E-state index >= 15 is 0 Å². The lowest BCUT2D eigenvalue weighted by Gasteiger charge is -2.11. The van der Waals surface area contributed by atoms with Crippen LogP contribution in [0.5, 0.6) is 0 Å². The fourth-order valence-electron chi connectivity index (χ4n) is 2.08. The minimum Gasteiger partial charge on any atom is -0.315 e. The molecule has 1 heterocycles. The molecule has 0 amide bonds. The van der Waals surface area contributed by atoms with Gasteiger partial charge in [0, 0.05) is 12.6 Å². The maximum Gasteiger partial charge on any atom is 0.0192 e. The van der Waals surface area contributed by atoms with E-state index in [-0.39, 0.29) is 0 Å². The largest absolute Gasteiger partial charge is 0.315 e. The van der Waals surface area contributed by atoms with E-state index in [1.54, 1.807) is 0 Å². The van der Waals surface area contributed by atoms with Crippen LogP contribution in [0.15, 0.2) is 30.3 Å². The van der Waals surface area contributed by atoms with Gasteiger partial charge in [-0.25, -0.2) is 0 Å². The summed E-state index contributed by atoms with van der Waals surface area (Å²) in [7, 11) is 0. The second-order valence-electron chi connectivity index (χ2n) is 4.23. The van der Waals surface area contributed by atoms with Gasteiger partial charge in [0.25, 0.3) is 0 Å². The van der Waals surface area contributed by atoms with Crippen molar-refractivity contribution in [3.8, 4) is 0 Å². The average molecular weight is 204 g/mol. The van der Waals surface area contributed by atoms with E-state index in [9.17, 15) is 0 Å². The smallest absolute Gasteiger partial charge is 0.0192 e. The third-order valence-electron chi connectivity index (χ3n) is 2.99. The summed E-state index contributed by atoms with van der Waals surface area (Å²) in [4.78, 5) is 0. The SMILES string of the molecule is c1ccc(CCNC[C@@H]2CCCN2)cc1. The van der Waals surface area contributed by atoms with E-state index in [4.69, 9.17) is 0 Å². The molecule has 1 aromatic carbocycles. The molecule has 1 saturated heterocycles. The molecule has 0 aliphatic carbocycles. The number of nitrogens with one attached hydrogen (secondary N) is 2. The molecule has 1 aliphatic heterocycles. The van der Waals surface area contributed by atoms with Crippen LogP contribution >= 0.6 is 0 Å². The maximum atomic E-state index is 3.51. The summed E-state index contributed by atoms with van der Waals surface area (Å²) >= 11 is 0. The first kappa shape index (κ1) is 10.7. The predicted molar refractivity (Wildman–Crippen MR) is 64.0 cm³/mol. The Morgan fingerprint density at radius 1 is 1.27 bits per heavy atom. The molecule has 2 rings (SSSR count). The van der Waals surface area contributed by atoms with E-state index in [1.807, 2.05) is 0 Å². The van der Waals surface area contributed by atoms with Gasteiger partial charge in [0.05, 0.1) is 0 Å². The summed E-state index contributed by atoms with van der Waals surface area (Å²) < 4.78 is 0. The van der Waals surface area contributed by atoms with Gasteiger partial charge < -0.3 is 10.6 Å². The number of rotatable bonds is 5. The summed E-state index contributed by atoms with van der Waals surface area (Å²) in [6.07, 6.45) is 3.80. The summed E-state index contributed by atoms with van der Waals surface area (Å²) in [5.41, 5.74) is 1.42. The molecule has 0 aromatic heterocycles. The van der Waals surface area contributed by atoms with Crippen molar-refractivity contribution in [2.24, 2.45) is 0 Å². The lowest BCUT2D eigenvalue weighted by Crippen LogP contribution is -2.34. The first-order valence-electron chi connectivity index (χ1n) is 5.93. The van der Waals surface area contributed by atoms with Crippen molar-refractivity contribution < 1.29 is 0 Å². The molecule has 2 nitrogen and oxygen atoms in total. The summed E-state index contributed by atoms with van der Waals surface area (Å²) in [5.74, 6) is 0. The summed E-state index contributed by atoms with van der Waals surface area (Å²) in [5, 5.41) is 7.01. The van der Waals surface area contributed by atoms with Crippen LogP contribution in [0.25, 0.3) is 0 Å². The van der Waals surface area contributed by atoms with Gasteiger partial charge in [-0.3, -0.25) is 0 Å². The van der Waals surface area contributed by atoms with Crippen LogP contribution in [-0.2, 0) is 6.42 Å². The van der Waals surface area contributed by atoms with Crippen LogP contribution in [0.3, 0.4) is 0 Å². The second kappa shape index (κ2) is 5.89. The molecule has 1 atom stereocenters. The molecule has 1 aromatic rings. The van der Waals surface area contributed by atoms with Crippen LogP contribution in [-0.4, -0.2) is 25.7 Å². The van der Waals surface area contributed by atoms with Crippen molar-refractivity contribution in [1.82, 2.24) is 10.6 Å². The Morgan fingerprint density at radius 3 is 2.87 bits per heavy atom. The number of benzene rings is 1.